The summed E-state index contributed by atoms with van der Waals surface area (Å²) in [4.78, 5) is 12.3. The van der Waals surface area contributed by atoms with Crippen molar-refractivity contribution in [2.75, 3.05) is 6.54 Å². The Morgan fingerprint density at radius 3 is 2.82 bits per heavy atom. The van der Waals surface area contributed by atoms with Gasteiger partial charge in [-0.15, -0.1) is 0 Å². The molecule has 3 N–H and O–H groups in total. The molecule has 2 aliphatic rings. The summed E-state index contributed by atoms with van der Waals surface area (Å²) in [6.45, 7) is 0.581. The highest BCUT2D eigenvalue weighted by atomic mass is 19.1. The molecule has 2 aliphatic carbocycles. The molecule has 1 amide bonds. The molecule has 5 heteroatoms. The quantitative estimate of drug-likeness (QED) is 0.898. The molecule has 0 bridgehead atoms. The van der Waals surface area contributed by atoms with Gasteiger partial charge in [0.25, 0.3) is 0 Å². The summed E-state index contributed by atoms with van der Waals surface area (Å²) >= 11 is 0. The predicted molar refractivity (Wildman–Crippen MR) is 80.1 cm³/mol. The molecule has 0 aromatic heterocycles. The number of carbonyl (C=O) groups is 1. The van der Waals surface area contributed by atoms with Gasteiger partial charge in [0.1, 0.15) is 11.6 Å². The van der Waals surface area contributed by atoms with Crippen molar-refractivity contribution in [3.05, 3.63) is 35.4 Å². The summed E-state index contributed by atoms with van der Waals surface area (Å²) in [5, 5.41) is 3.08. The number of hydrogen-bond acceptors (Lipinski definition) is 2. The van der Waals surface area contributed by atoms with Gasteiger partial charge in [0.2, 0.25) is 5.91 Å². The van der Waals surface area contributed by atoms with Gasteiger partial charge in [0.15, 0.2) is 0 Å². The number of rotatable bonds is 4. The molecular formula is C17H22F2N2O. The Morgan fingerprint density at radius 1 is 1.27 bits per heavy atom. The summed E-state index contributed by atoms with van der Waals surface area (Å²) in [7, 11) is 0. The maximum atomic E-state index is 13.8. The molecule has 1 aromatic rings. The number of hydrogen-bond donors (Lipinski definition) is 2. The molecule has 0 spiro atoms. The predicted octanol–water partition coefficient (Wildman–Crippen LogP) is 2.70. The van der Waals surface area contributed by atoms with E-state index in [1.165, 1.54) is 6.07 Å². The topological polar surface area (TPSA) is 55.1 Å². The number of nitrogens with one attached hydrogen (secondary N) is 1. The van der Waals surface area contributed by atoms with Crippen molar-refractivity contribution >= 4 is 5.91 Å². The zero-order chi connectivity index (χ0) is 15.7. The molecule has 1 aromatic carbocycles. The highest BCUT2D eigenvalue weighted by molar-refractivity contribution is 5.83. The van der Waals surface area contributed by atoms with Crippen LogP contribution in [0.25, 0.3) is 0 Å². The number of amides is 1. The van der Waals surface area contributed by atoms with Crippen LogP contribution in [0.4, 0.5) is 8.78 Å². The fourth-order valence-electron chi connectivity index (χ4n) is 3.60. The molecule has 3 nitrogen and oxygen atoms in total. The van der Waals surface area contributed by atoms with E-state index < -0.39 is 11.6 Å². The van der Waals surface area contributed by atoms with Crippen molar-refractivity contribution in [2.45, 2.75) is 44.1 Å². The molecule has 120 valence electrons. The van der Waals surface area contributed by atoms with Crippen LogP contribution in [0.2, 0.25) is 0 Å². The number of nitrogens with two attached hydrogens (primary N) is 1. The molecule has 22 heavy (non-hydrogen) atoms. The summed E-state index contributed by atoms with van der Waals surface area (Å²) in [5.41, 5.74) is 6.09. The lowest BCUT2D eigenvalue weighted by Crippen LogP contribution is -2.45. The lowest BCUT2D eigenvalue weighted by atomic mass is 9.84. The van der Waals surface area contributed by atoms with Crippen LogP contribution in [0.1, 0.15) is 43.6 Å². The maximum absolute atomic E-state index is 13.8. The zero-order valence-electron chi connectivity index (χ0n) is 12.5. The smallest absolute Gasteiger partial charge is 0.223 e. The van der Waals surface area contributed by atoms with E-state index in [0.29, 0.717) is 24.4 Å². The minimum Gasteiger partial charge on any atom is -0.353 e. The highest BCUT2D eigenvalue weighted by Crippen LogP contribution is 2.48. The standard InChI is InChI=1S/C17H22F2N2O/c18-11-5-6-15(19)13(7-11)12-8-14(12)17(22)21-16-4-2-1-3-10(16)9-20/h5-7,10,12,14,16H,1-4,8-9,20H2,(H,21,22). The second-order valence-electron chi connectivity index (χ2n) is 6.51. The summed E-state index contributed by atoms with van der Waals surface area (Å²) in [6.07, 6.45) is 4.86. The molecule has 3 rings (SSSR count). The first kappa shape index (κ1) is 15.4. The van der Waals surface area contributed by atoms with Crippen molar-refractivity contribution in [3.63, 3.8) is 0 Å². The zero-order valence-corrected chi connectivity index (χ0v) is 12.5. The van der Waals surface area contributed by atoms with Crippen LogP contribution < -0.4 is 11.1 Å². The summed E-state index contributed by atoms with van der Waals surface area (Å²) in [6, 6.07) is 3.56. The van der Waals surface area contributed by atoms with Gasteiger partial charge in [-0.1, -0.05) is 12.8 Å². The number of benzene rings is 1. The van der Waals surface area contributed by atoms with Gasteiger partial charge in [-0.3, -0.25) is 4.79 Å². The molecule has 0 radical (unpaired) electrons. The minimum absolute atomic E-state index is 0.0426. The lowest BCUT2D eigenvalue weighted by molar-refractivity contribution is -0.123. The van der Waals surface area contributed by atoms with Crippen molar-refractivity contribution in [1.82, 2.24) is 5.32 Å². The van der Waals surface area contributed by atoms with E-state index in [1.807, 2.05) is 0 Å². The second-order valence-corrected chi connectivity index (χ2v) is 6.51. The third-order valence-corrected chi connectivity index (χ3v) is 5.02. The fraction of sp³-hybridized carbons (Fsp3) is 0.588. The molecule has 0 aliphatic heterocycles. The fourth-order valence-corrected chi connectivity index (χ4v) is 3.60. The van der Waals surface area contributed by atoms with Crippen molar-refractivity contribution in [1.29, 1.82) is 0 Å². The van der Waals surface area contributed by atoms with Crippen LogP contribution in [0.15, 0.2) is 18.2 Å². The van der Waals surface area contributed by atoms with E-state index >= 15 is 0 Å². The van der Waals surface area contributed by atoms with Crippen LogP contribution in [0.5, 0.6) is 0 Å². The van der Waals surface area contributed by atoms with E-state index in [-0.39, 0.29) is 23.8 Å². The van der Waals surface area contributed by atoms with Gasteiger partial charge in [-0.25, -0.2) is 8.78 Å². The van der Waals surface area contributed by atoms with E-state index in [1.54, 1.807) is 0 Å². The molecule has 4 unspecified atom stereocenters. The van der Waals surface area contributed by atoms with E-state index in [2.05, 4.69) is 5.32 Å². The Hall–Kier alpha value is -1.49. The molecule has 0 saturated heterocycles. The highest BCUT2D eigenvalue weighted by Gasteiger charge is 2.46. The molecule has 2 fully saturated rings. The first-order valence-corrected chi connectivity index (χ1v) is 8.05. The third kappa shape index (κ3) is 3.14. The molecule has 0 heterocycles. The average molecular weight is 308 g/mol. The van der Waals surface area contributed by atoms with E-state index in [0.717, 1.165) is 37.8 Å². The summed E-state index contributed by atoms with van der Waals surface area (Å²) < 4.78 is 27.0. The Balaban J connectivity index is 1.62. The monoisotopic (exact) mass is 308 g/mol. The Bertz CT molecular complexity index is 564. The maximum Gasteiger partial charge on any atom is 0.223 e. The van der Waals surface area contributed by atoms with Crippen LogP contribution in [-0.2, 0) is 4.79 Å². The van der Waals surface area contributed by atoms with Crippen molar-refractivity contribution < 1.29 is 13.6 Å². The second kappa shape index (κ2) is 6.32. The molecule has 2 saturated carbocycles. The first-order chi connectivity index (χ1) is 10.6. The van der Waals surface area contributed by atoms with Crippen LogP contribution >= 0.6 is 0 Å². The first-order valence-electron chi connectivity index (χ1n) is 8.05. The number of carbonyl (C=O) groups excluding carboxylic acids is 1. The van der Waals surface area contributed by atoms with Gasteiger partial charge in [-0.2, -0.15) is 0 Å². The van der Waals surface area contributed by atoms with Gasteiger partial charge < -0.3 is 11.1 Å². The Morgan fingerprint density at radius 2 is 2.05 bits per heavy atom. The minimum atomic E-state index is -0.460. The molecule has 4 atom stereocenters. The van der Waals surface area contributed by atoms with Gasteiger partial charge in [0, 0.05) is 12.0 Å². The van der Waals surface area contributed by atoms with E-state index in [4.69, 9.17) is 5.73 Å². The summed E-state index contributed by atoms with van der Waals surface area (Å²) in [5.74, 6) is -1.04. The molecular weight excluding hydrogens is 286 g/mol. The van der Waals surface area contributed by atoms with Crippen LogP contribution in [0, 0.1) is 23.5 Å². The average Bonchev–Trinajstić information content (AvgIpc) is 3.31. The Labute approximate surface area is 129 Å². The largest absolute Gasteiger partial charge is 0.353 e. The van der Waals surface area contributed by atoms with Gasteiger partial charge in [0.05, 0.1) is 0 Å². The van der Waals surface area contributed by atoms with Crippen LogP contribution in [0.3, 0.4) is 0 Å². The Kier molecular flexibility index (Phi) is 4.43. The van der Waals surface area contributed by atoms with Crippen LogP contribution in [-0.4, -0.2) is 18.5 Å². The SMILES string of the molecule is NCC1CCCCC1NC(=O)C1CC1c1cc(F)ccc1F. The van der Waals surface area contributed by atoms with Crippen molar-refractivity contribution in [2.24, 2.45) is 17.6 Å². The number of halogens is 2. The van der Waals surface area contributed by atoms with Gasteiger partial charge in [-0.05, 0) is 61.4 Å². The third-order valence-electron chi connectivity index (χ3n) is 5.02. The lowest BCUT2D eigenvalue weighted by Gasteiger charge is -2.31. The van der Waals surface area contributed by atoms with E-state index in [9.17, 15) is 13.6 Å². The normalized spacial score (nSPS) is 30.9. The van der Waals surface area contributed by atoms with Gasteiger partial charge >= 0.3 is 0 Å². The van der Waals surface area contributed by atoms with Crippen molar-refractivity contribution in [3.8, 4) is 0 Å².